The highest BCUT2D eigenvalue weighted by atomic mass is 16.4. The van der Waals surface area contributed by atoms with Crippen LogP contribution in [0.15, 0.2) is 24.4 Å². The Morgan fingerprint density at radius 2 is 1.77 bits per heavy atom. The molecule has 2 N–H and O–H groups in total. The van der Waals surface area contributed by atoms with E-state index in [1.54, 1.807) is 6.20 Å². The molecule has 0 radical (unpaired) electrons. The number of carboxylic acids is 2. The molecule has 0 aliphatic carbocycles. The quantitative estimate of drug-likeness (QED) is 0.575. The fourth-order valence-corrected chi connectivity index (χ4v) is 0.448. The molecular formula is C8H9NO4. The van der Waals surface area contributed by atoms with E-state index in [4.69, 9.17) is 19.8 Å². The summed E-state index contributed by atoms with van der Waals surface area (Å²) in [6.07, 6.45) is 1.79. The number of hydrogen-bond acceptors (Lipinski definition) is 3. The van der Waals surface area contributed by atoms with E-state index in [1.165, 1.54) is 0 Å². The smallest absolute Gasteiger partial charge is 0.414 e. The number of nitrogens with zero attached hydrogens (tertiary/aromatic N) is 1. The lowest BCUT2D eigenvalue weighted by molar-refractivity contribution is -0.159. The number of pyridine rings is 1. The molecular weight excluding hydrogens is 175 g/mol. The number of carbonyl (C=O) groups is 2. The van der Waals surface area contributed by atoms with Crippen LogP contribution in [0, 0.1) is 6.92 Å². The molecule has 0 unspecified atom stereocenters. The van der Waals surface area contributed by atoms with Crippen LogP contribution in [0.4, 0.5) is 0 Å². The molecule has 0 saturated carbocycles. The molecule has 5 nitrogen and oxygen atoms in total. The SMILES string of the molecule is Cc1cccc[15n]1.O=C(O)C(=O)O. The van der Waals surface area contributed by atoms with Gasteiger partial charge in [0.1, 0.15) is 0 Å². The summed E-state index contributed by atoms with van der Waals surface area (Å²) in [6.45, 7) is 1.97. The van der Waals surface area contributed by atoms with Gasteiger partial charge >= 0.3 is 11.9 Å². The van der Waals surface area contributed by atoms with Gasteiger partial charge in [0, 0.05) is 11.9 Å². The summed E-state index contributed by atoms with van der Waals surface area (Å²) in [6, 6.07) is 5.86. The molecule has 0 bridgehead atoms. The summed E-state index contributed by atoms with van der Waals surface area (Å²) in [7, 11) is 0. The average Bonchev–Trinajstić information content (AvgIpc) is 2.06. The first-order valence-corrected chi connectivity index (χ1v) is 3.38. The van der Waals surface area contributed by atoms with Gasteiger partial charge < -0.3 is 10.2 Å². The van der Waals surface area contributed by atoms with Crippen molar-refractivity contribution in [1.29, 1.82) is 0 Å². The first kappa shape index (κ1) is 11.1. The molecule has 0 amide bonds. The Morgan fingerprint density at radius 1 is 1.23 bits per heavy atom. The van der Waals surface area contributed by atoms with Gasteiger partial charge in [-0.05, 0) is 19.1 Å². The molecule has 0 fully saturated rings. The highest BCUT2D eigenvalue weighted by molar-refractivity contribution is 6.27. The molecule has 70 valence electrons. The van der Waals surface area contributed by atoms with Gasteiger partial charge in [-0.15, -0.1) is 0 Å². The van der Waals surface area contributed by atoms with Crippen LogP contribution in [0.25, 0.3) is 0 Å². The number of rotatable bonds is 0. The third-order valence-electron chi connectivity index (χ3n) is 0.996. The van der Waals surface area contributed by atoms with Crippen LogP contribution in [0.3, 0.4) is 0 Å². The van der Waals surface area contributed by atoms with Gasteiger partial charge in [0.2, 0.25) is 0 Å². The first-order valence-electron chi connectivity index (χ1n) is 3.38. The maximum Gasteiger partial charge on any atom is 0.414 e. The molecule has 0 aromatic carbocycles. The lowest BCUT2D eigenvalue weighted by Gasteiger charge is -1.82. The fraction of sp³-hybridized carbons (Fsp3) is 0.125. The molecule has 0 spiro atoms. The second-order valence-corrected chi connectivity index (χ2v) is 2.08. The van der Waals surface area contributed by atoms with Crippen LogP contribution in [0.5, 0.6) is 0 Å². The van der Waals surface area contributed by atoms with Gasteiger partial charge in [-0.2, -0.15) is 0 Å². The van der Waals surface area contributed by atoms with Crippen molar-refractivity contribution in [1.82, 2.24) is 4.98 Å². The zero-order valence-electron chi connectivity index (χ0n) is 6.97. The van der Waals surface area contributed by atoms with Crippen molar-refractivity contribution in [2.75, 3.05) is 0 Å². The summed E-state index contributed by atoms with van der Waals surface area (Å²) < 4.78 is 0. The molecule has 1 heterocycles. The molecule has 1 rings (SSSR count). The maximum absolute atomic E-state index is 9.10. The third-order valence-corrected chi connectivity index (χ3v) is 0.996. The molecule has 1 aromatic rings. The van der Waals surface area contributed by atoms with E-state index in [0.717, 1.165) is 5.69 Å². The zero-order valence-corrected chi connectivity index (χ0v) is 6.97. The van der Waals surface area contributed by atoms with Crippen molar-refractivity contribution in [3.05, 3.63) is 30.1 Å². The summed E-state index contributed by atoms with van der Waals surface area (Å²) in [4.78, 5) is 22.2. The van der Waals surface area contributed by atoms with Gasteiger partial charge in [-0.3, -0.25) is 4.98 Å². The van der Waals surface area contributed by atoms with Gasteiger partial charge in [-0.25, -0.2) is 9.59 Å². The Bertz CT molecular complexity index is 271. The van der Waals surface area contributed by atoms with Crippen LogP contribution in [-0.2, 0) is 9.59 Å². The van der Waals surface area contributed by atoms with Crippen LogP contribution in [-0.4, -0.2) is 27.1 Å². The van der Waals surface area contributed by atoms with Crippen molar-refractivity contribution < 1.29 is 19.8 Å². The highest BCUT2D eigenvalue weighted by Crippen LogP contribution is 1.85. The van der Waals surface area contributed by atoms with Crippen molar-refractivity contribution >= 4 is 11.9 Å². The number of aliphatic carboxylic acids is 2. The Labute approximate surface area is 74.7 Å². The van der Waals surface area contributed by atoms with Gasteiger partial charge in [0.25, 0.3) is 0 Å². The van der Waals surface area contributed by atoms with Crippen molar-refractivity contribution in [3.8, 4) is 0 Å². The van der Waals surface area contributed by atoms with E-state index in [2.05, 4.69) is 4.98 Å². The molecule has 1 aromatic heterocycles. The predicted molar refractivity (Wildman–Crippen MR) is 44.2 cm³/mol. The molecule has 0 aliphatic rings. The standard InChI is InChI=1S/C6H7N.C2H2O4/c1-6-4-2-3-5-7-6;3-1(4)2(5)6/h2-5H,1H3;(H,3,4)(H,5,6)/i7+1;. The maximum atomic E-state index is 9.10. The van der Waals surface area contributed by atoms with Crippen LogP contribution in [0.2, 0.25) is 0 Å². The Kier molecular flexibility index (Phi) is 4.87. The zero-order chi connectivity index (χ0) is 10.3. The lowest BCUT2D eigenvalue weighted by atomic mass is 10.4. The highest BCUT2D eigenvalue weighted by Gasteiger charge is 2.04. The van der Waals surface area contributed by atoms with Crippen LogP contribution in [0.1, 0.15) is 5.69 Å². The van der Waals surface area contributed by atoms with Gasteiger partial charge in [-0.1, -0.05) is 6.07 Å². The molecule has 13 heavy (non-hydrogen) atoms. The van der Waals surface area contributed by atoms with E-state index in [1.807, 2.05) is 25.1 Å². The molecule has 0 saturated heterocycles. The van der Waals surface area contributed by atoms with Crippen LogP contribution >= 0.6 is 0 Å². The van der Waals surface area contributed by atoms with E-state index >= 15 is 0 Å². The number of aryl methyl sites for hydroxylation is 1. The fourth-order valence-electron chi connectivity index (χ4n) is 0.448. The Morgan fingerprint density at radius 3 is 1.92 bits per heavy atom. The van der Waals surface area contributed by atoms with Gasteiger partial charge in [0.05, 0.1) is 0 Å². The molecule has 0 aliphatic heterocycles. The lowest BCUT2D eigenvalue weighted by Crippen LogP contribution is -2.09. The average molecular weight is 184 g/mol. The van der Waals surface area contributed by atoms with E-state index in [-0.39, 0.29) is 0 Å². The van der Waals surface area contributed by atoms with Crippen molar-refractivity contribution in [2.24, 2.45) is 0 Å². The minimum atomic E-state index is -1.82. The van der Waals surface area contributed by atoms with E-state index < -0.39 is 11.9 Å². The molecule has 0 atom stereocenters. The predicted octanol–water partition coefficient (Wildman–Crippen LogP) is 0.546. The normalized spacial score (nSPS) is 8.08. The Hall–Kier alpha value is -1.91. The third kappa shape index (κ3) is 6.49. The second kappa shape index (κ2) is 5.70. The summed E-state index contributed by atoms with van der Waals surface area (Å²) in [5.41, 5.74) is 1.07. The van der Waals surface area contributed by atoms with Crippen molar-refractivity contribution in [3.63, 3.8) is 0 Å². The number of aromatic nitrogens is 1. The minimum Gasteiger partial charge on any atom is -0.473 e. The van der Waals surface area contributed by atoms with E-state index in [9.17, 15) is 0 Å². The van der Waals surface area contributed by atoms with Crippen molar-refractivity contribution in [2.45, 2.75) is 6.92 Å². The largest absolute Gasteiger partial charge is 0.473 e. The number of hydrogen-bond donors (Lipinski definition) is 2. The summed E-state index contributed by atoms with van der Waals surface area (Å²) >= 11 is 0. The minimum absolute atomic E-state index is 1.07. The van der Waals surface area contributed by atoms with Gasteiger partial charge in [0.15, 0.2) is 0 Å². The summed E-state index contributed by atoms with van der Waals surface area (Å²) in [5.74, 6) is -3.65. The topological polar surface area (TPSA) is 87.5 Å². The second-order valence-electron chi connectivity index (χ2n) is 2.08. The number of carboxylic acid groups (broad SMARTS) is 2. The monoisotopic (exact) mass is 184 g/mol. The summed E-state index contributed by atoms with van der Waals surface area (Å²) in [5, 5.41) is 14.8. The first-order chi connectivity index (χ1) is 6.04. The molecule has 5 heteroatoms. The Balaban J connectivity index is 0.000000226. The van der Waals surface area contributed by atoms with Crippen LogP contribution < -0.4 is 0 Å². The van der Waals surface area contributed by atoms with E-state index in [0.29, 0.717) is 0 Å².